The van der Waals surface area contributed by atoms with Gasteiger partial charge in [-0.2, -0.15) is 0 Å². The number of halogens is 4. The van der Waals surface area contributed by atoms with Gasteiger partial charge in [0, 0.05) is 0 Å². The molecular formula is C12H8Cl2F2Sn. The van der Waals surface area contributed by atoms with Crippen molar-refractivity contribution < 1.29 is 8.78 Å². The van der Waals surface area contributed by atoms with Gasteiger partial charge in [-0.25, -0.2) is 0 Å². The van der Waals surface area contributed by atoms with Crippen molar-refractivity contribution in [2.24, 2.45) is 0 Å². The summed E-state index contributed by atoms with van der Waals surface area (Å²) in [5.74, 6) is -0.661. The van der Waals surface area contributed by atoms with Crippen LogP contribution in [0.15, 0.2) is 48.5 Å². The molecule has 0 aliphatic heterocycles. The molecule has 2 aromatic carbocycles. The summed E-state index contributed by atoms with van der Waals surface area (Å²) in [6.45, 7) is 0. The van der Waals surface area contributed by atoms with Crippen LogP contribution in [0.3, 0.4) is 0 Å². The van der Waals surface area contributed by atoms with E-state index in [2.05, 4.69) is 0 Å². The summed E-state index contributed by atoms with van der Waals surface area (Å²) >= 11 is -3.70. The van der Waals surface area contributed by atoms with E-state index in [1.54, 1.807) is 24.3 Å². The van der Waals surface area contributed by atoms with Crippen molar-refractivity contribution in [2.75, 3.05) is 0 Å². The van der Waals surface area contributed by atoms with Gasteiger partial charge in [-0.15, -0.1) is 0 Å². The topological polar surface area (TPSA) is 0 Å². The molecule has 88 valence electrons. The third-order valence-electron chi connectivity index (χ3n) is 2.41. The molecule has 0 heterocycles. The minimum atomic E-state index is -3.70. The van der Waals surface area contributed by atoms with Crippen LogP contribution in [0, 0.1) is 11.6 Å². The summed E-state index contributed by atoms with van der Waals surface area (Å²) in [5, 5.41) is 0. The monoisotopic (exact) mass is 380 g/mol. The fraction of sp³-hybridized carbons (Fsp3) is 0. The molecule has 0 nitrogen and oxygen atoms in total. The first-order chi connectivity index (χ1) is 8.00. The second-order valence-electron chi connectivity index (χ2n) is 3.59. The van der Waals surface area contributed by atoms with Gasteiger partial charge >= 0.3 is 110 Å². The molecule has 2 rings (SSSR count). The van der Waals surface area contributed by atoms with Crippen molar-refractivity contribution in [3.8, 4) is 0 Å². The summed E-state index contributed by atoms with van der Waals surface area (Å²) in [6, 6.07) is 11.7. The van der Waals surface area contributed by atoms with Crippen LogP contribution >= 0.6 is 17.8 Å². The van der Waals surface area contributed by atoms with E-state index in [1.165, 1.54) is 24.3 Å². The predicted octanol–water partition coefficient (Wildman–Crippen LogP) is 3.00. The average Bonchev–Trinajstić information content (AvgIpc) is 2.30. The van der Waals surface area contributed by atoms with Gasteiger partial charge in [-0.05, 0) is 0 Å². The van der Waals surface area contributed by atoms with Crippen LogP contribution in [0.25, 0.3) is 0 Å². The van der Waals surface area contributed by atoms with E-state index in [4.69, 9.17) is 17.8 Å². The van der Waals surface area contributed by atoms with Crippen molar-refractivity contribution in [2.45, 2.75) is 0 Å². The van der Waals surface area contributed by atoms with Gasteiger partial charge in [0.1, 0.15) is 0 Å². The molecule has 0 unspecified atom stereocenters. The molecule has 0 fully saturated rings. The van der Waals surface area contributed by atoms with Crippen molar-refractivity contribution in [1.82, 2.24) is 0 Å². The molecule has 0 saturated carbocycles. The Morgan fingerprint density at radius 3 is 1.24 bits per heavy atom. The summed E-state index contributed by atoms with van der Waals surface area (Å²) in [4.78, 5) is 0. The third kappa shape index (κ3) is 2.92. The van der Waals surface area contributed by atoms with Crippen LogP contribution in [-0.2, 0) is 0 Å². The standard InChI is InChI=1S/2C6H4F.2ClH.Sn/c2*7-6-4-2-1-3-5-6;;;/h2*2-5H;2*1H;/q;;;;+2/p-2. The Balaban J connectivity index is 2.41. The van der Waals surface area contributed by atoms with E-state index < -0.39 is 16.1 Å². The van der Waals surface area contributed by atoms with Crippen LogP contribution in [0.1, 0.15) is 0 Å². The number of hydrogen-bond acceptors (Lipinski definition) is 0. The molecule has 0 aliphatic rings. The van der Waals surface area contributed by atoms with E-state index in [-0.39, 0.29) is 11.6 Å². The molecule has 0 amide bonds. The SMILES string of the molecule is Fc1cc[c]([Sn]([Cl])([Cl])[c]2ccc(F)cc2)cc1. The molecule has 0 bridgehead atoms. The molecule has 2 aromatic rings. The van der Waals surface area contributed by atoms with Crippen molar-refractivity contribution >= 4 is 41.1 Å². The zero-order chi connectivity index (χ0) is 12.5. The minimum absolute atomic E-state index is 0.330. The first-order valence-electron chi connectivity index (χ1n) is 4.90. The van der Waals surface area contributed by atoms with Gasteiger partial charge < -0.3 is 0 Å². The molecule has 17 heavy (non-hydrogen) atoms. The predicted molar refractivity (Wildman–Crippen MR) is 69.5 cm³/mol. The van der Waals surface area contributed by atoms with Crippen LogP contribution in [0.4, 0.5) is 8.78 Å². The molecule has 0 aromatic heterocycles. The molecular weight excluding hydrogens is 372 g/mol. The zero-order valence-electron chi connectivity index (χ0n) is 8.63. The Morgan fingerprint density at radius 1 is 0.647 bits per heavy atom. The van der Waals surface area contributed by atoms with Crippen molar-refractivity contribution in [3.63, 3.8) is 0 Å². The average molecular weight is 380 g/mol. The fourth-order valence-electron chi connectivity index (χ4n) is 1.49. The second kappa shape index (κ2) is 5.12. The van der Waals surface area contributed by atoms with E-state index in [0.717, 1.165) is 7.16 Å². The molecule has 0 spiro atoms. The quantitative estimate of drug-likeness (QED) is 0.704. The van der Waals surface area contributed by atoms with Gasteiger partial charge in [0.05, 0.1) is 0 Å². The molecule has 5 heteroatoms. The van der Waals surface area contributed by atoms with Crippen LogP contribution < -0.4 is 7.16 Å². The molecule has 0 radical (unpaired) electrons. The fourth-order valence-corrected chi connectivity index (χ4v) is 9.16. The Labute approximate surface area is 109 Å². The van der Waals surface area contributed by atoms with Crippen LogP contribution in [0.5, 0.6) is 0 Å². The summed E-state index contributed by atoms with van der Waals surface area (Å²) in [7, 11) is 12.8. The van der Waals surface area contributed by atoms with Gasteiger partial charge in [0.25, 0.3) is 0 Å². The maximum atomic E-state index is 12.8. The summed E-state index contributed by atoms with van der Waals surface area (Å²) in [5.41, 5.74) is 0. The Morgan fingerprint density at radius 2 is 0.941 bits per heavy atom. The number of benzene rings is 2. The molecule has 0 N–H and O–H groups in total. The second-order valence-corrected chi connectivity index (χ2v) is 19.1. The summed E-state index contributed by atoms with van der Waals surface area (Å²) in [6.07, 6.45) is 0. The Bertz CT molecular complexity index is 462. The third-order valence-corrected chi connectivity index (χ3v) is 14.3. The van der Waals surface area contributed by atoms with Crippen LogP contribution in [-0.4, -0.2) is 16.1 Å². The van der Waals surface area contributed by atoms with Crippen molar-refractivity contribution in [3.05, 3.63) is 60.2 Å². The number of rotatable bonds is 2. The van der Waals surface area contributed by atoms with Crippen LogP contribution in [0.2, 0.25) is 0 Å². The van der Waals surface area contributed by atoms with E-state index >= 15 is 0 Å². The molecule has 0 aliphatic carbocycles. The van der Waals surface area contributed by atoms with Gasteiger partial charge in [-0.3, -0.25) is 0 Å². The first-order valence-corrected chi connectivity index (χ1v) is 15.0. The Kier molecular flexibility index (Phi) is 3.95. The van der Waals surface area contributed by atoms with E-state index in [1.807, 2.05) is 0 Å². The zero-order valence-corrected chi connectivity index (χ0v) is 13.0. The van der Waals surface area contributed by atoms with E-state index in [0.29, 0.717) is 0 Å². The first kappa shape index (κ1) is 13.1. The van der Waals surface area contributed by atoms with Gasteiger partial charge in [0.2, 0.25) is 0 Å². The van der Waals surface area contributed by atoms with Crippen molar-refractivity contribution in [1.29, 1.82) is 0 Å². The Hall–Kier alpha value is -0.321. The van der Waals surface area contributed by atoms with E-state index in [9.17, 15) is 8.78 Å². The summed E-state index contributed by atoms with van der Waals surface area (Å²) < 4.78 is 27.1. The molecule has 0 atom stereocenters. The van der Waals surface area contributed by atoms with Gasteiger partial charge in [0.15, 0.2) is 0 Å². The maximum absolute atomic E-state index is 12.8. The number of hydrogen-bond donors (Lipinski definition) is 0. The normalized spacial score (nSPS) is 11.5. The van der Waals surface area contributed by atoms with Gasteiger partial charge in [-0.1, -0.05) is 0 Å². The molecule has 0 saturated heterocycles.